The summed E-state index contributed by atoms with van der Waals surface area (Å²) in [6.45, 7) is 0. The predicted octanol–water partition coefficient (Wildman–Crippen LogP) is 3.23. The minimum absolute atomic E-state index is 0.241. The monoisotopic (exact) mass is 449 g/mol. The molecule has 0 radical (unpaired) electrons. The molecule has 10 heteroatoms. The molecule has 114 valence electrons. The normalized spacial score (nSPS) is 16.7. The third kappa shape index (κ3) is 3.61. The van der Waals surface area contributed by atoms with Crippen LogP contribution in [0, 0.1) is 8.96 Å². The van der Waals surface area contributed by atoms with Gasteiger partial charge in [-0.1, -0.05) is 12.1 Å². The van der Waals surface area contributed by atoms with E-state index in [1.165, 1.54) is 24.3 Å². The van der Waals surface area contributed by atoms with Gasteiger partial charge in [-0.3, -0.25) is 0 Å². The van der Waals surface area contributed by atoms with E-state index in [2.05, 4.69) is 31.7 Å². The Bertz CT molecular complexity index is 898. The van der Waals surface area contributed by atoms with Crippen LogP contribution >= 0.6 is 22.6 Å². The van der Waals surface area contributed by atoms with Crippen molar-refractivity contribution in [2.24, 2.45) is 0 Å². The Morgan fingerprint density at radius 1 is 0.864 bits per heavy atom. The van der Waals surface area contributed by atoms with E-state index in [0.717, 1.165) is 3.57 Å². The van der Waals surface area contributed by atoms with Crippen LogP contribution in [0.4, 0.5) is 5.69 Å². The fraction of sp³-hybridized carbons (Fsp3) is 0. The summed E-state index contributed by atoms with van der Waals surface area (Å²) < 4.78 is 48.4. The maximum absolute atomic E-state index is 11.1. The molecule has 0 aromatic heterocycles. The molecule has 2 aromatic rings. The lowest BCUT2D eigenvalue weighted by Crippen LogP contribution is -1.92. The minimum Gasteiger partial charge on any atom is -0.428 e. The van der Waals surface area contributed by atoms with Crippen LogP contribution in [0.15, 0.2) is 58.3 Å². The van der Waals surface area contributed by atoms with Crippen molar-refractivity contribution in [1.82, 2.24) is 0 Å². The van der Waals surface area contributed by atoms with Crippen LogP contribution < -0.4 is 0 Å². The Morgan fingerprint density at radius 3 is 1.73 bits per heavy atom. The number of diazo groups is 1. The van der Waals surface area contributed by atoms with E-state index in [-0.39, 0.29) is 9.79 Å². The Morgan fingerprint density at radius 2 is 1.32 bits per heavy atom. The van der Waals surface area contributed by atoms with Gasteiger partial charge in [0.1, 0.15) is 20.0 Å². The lowest BCUT2D eigenvalue weighted by atomic mass is 10.3. The highest BCUT2D eigenvalue weighted by atomic mass is 127. The molecule has 1 aliphatic rings. The number of fused-ring (bicyclic) bond motifs is 1. The zero-order valence-electron chi connectivity index (χ0n) is 10.8. The van der Waals surface area contributed by atoms with E-state index in [0.29, 0.717) is 5.69 Å². The molecule has 0 spiro atoms. The van der Waals surface area contributed by atoms with Gasteiger partial charge < -0.3 is 4.13 Å². The van der Waals surface area contributed by atoms with E-state index in [1.54, 1.807) is 12.1 Å². The standard InChI is InChI=1S/C6H4IN2.C6H4NO4S2/c7-5-1-3-6(9-8)4-2-5;8-12(9)5-3-1-2-4-6(5)13(10,11)7-12/h1-4H;1-4H/q+1;-1. The van der Waals surface area contributed by atoms with Gasteiger partial charge in [0.2, 0.25) is 5.39 Å². The lowest BCUT2D eigenvalue weighted by molar-refractivity contribution is 0.603. The second-order valence-electron chi connectivity index (χ2n) is 4.05. The third-order valence-electron chi connectivity index (χ3n) is 2.54. The van der Waals surface area contributed by atoms with Crippen molar-refractivity contribution in [3.8, 4) is 0 Å². The Labute approximate surface area is 141 Å². The molecule has 22 heavy (non-hydrogen) atoms. The number of hydrogen-bond acceptors (Lipinski definition) is 5. The van der Waals surface area contributed by atoms with Gasteiger partial charge in [-0.25, -0.2) is 16.8 Å². The first-order chi connectivity index (χ1) is 10.3. The first kappa shape index (κ1) is 16.8. The lowest BCUT2D eigenvalue weighted by Gasteiger charge is -2.05. The predicted molar refractivity (Wildman–Crippen MR) is 88.1 cm³/mol. The molecule has 0 bridgehead atoms. The summed E-state index contributed by atoms with van der Waals surface area (Å²) in [5.74, 6) is 0. The van der Waals surface area contributed by atoms with Crippen LogP contribution in [0.1, 0.15) is 0 Å². The molecule has 2 aromatic carbocycles. The molecule has 0 unspecified atom stereocenters. The molecular weight excluding hydrogens is 441 g/mol. The van der Waals surface area contributed by atoms with Crippen molar-refractivity contribution in [2.45, 2.75) is 9.79 Å². The van der Waals surface area contributed by atoms with Crippen molar-refractivity contribution in [3.63, 3.8) is 0 Å². The summed E-state index contributed by atoms with van der Waals surface area (Å²) >= 11 is 2.19. The summed E-state index contributed by atoms with van der Waals surface area (Å²) in [6.07, 6.45) is 0. The first-order valence-corrected chi connectivity index (χ1v) is 9.66. The largest absolute Gasteiger partial charge is 0.428 e. The van der Waals surface area contributed by atoms with E-state index in [9.17, 15) is 16.8 Å². The molecule has 0 amide bonds. The fourth-order valence-corrected chi connectivity index (χ4v) is 5.41. The van der Waals surface area contributed by atoms with E-state index in [4.69, 9.17) is 5.39 Å². The number of benzene rings is 2. The average molecular weight is 449 g/mol. The van der Waals surface area contributed by atoms with Crippen LogP contribution in [0.25, 0.3) is 9.10 Å². The Balaban J connectivity index is 0.000000172. The first-order valence-electron chi connectivity index (χ1n) is 5.70. The summed E-state index contributed by atoms with van der Waals surface area (Å²) in [5, 5.41) is 8.25. The van der Waals surface area contributed by atoms with Crippen molar-refractivity contribution < 1.29 is 16.8 Å². The molecule has 0 N–H and O–H groups in total. The second-order valence-corrected chi connectivity index (χ2v) is 8.67. The smallest absolute Gasteiger partial charge is 0.385 e. The number of nitrogens with zero attached hydrogens (tertiary/aromatic N) is 3. The van der Waals surface area contributed by atoms with Crippen LogP contribution in [-0.2, 0) is 20.0 Å². The molecule has 0 atom stereocenters. The van der Waals surface area contributed by atoms with Gasteiger partial charge in [0.05, 0.1) is 9.79 Å². The third-order valence-corrected chi connectivity index (χ3v) is 6.79. The van der Waals surface area contributed by atoms with Gasteiger partial charge in [0.15, 0.2) is 4.98 Å². The van der Waals surface area contributed by atoms with Crippen molar-refractivity contribution in [3.05, 3.63) is 61.2 Å². The van der Waals surface area contributed by atoms with E-state index in [1.807, 2.05) is 12.1 Å². The minimum atomic E-state index is -3.98. The summed E-state index contributed by atoms with van der Waals surface area (Å²) in [6, 6.07) is 12.6. The van der Waals surface area contributed by atoms with Crippen LogP contribution in [0.5, 0.6) is 0 Å². The average Bonchev–Trinajstić information content (AvgIpc) is 2.66. The summed E-state index contributed by atoms with van der Waals surface area (Å²) in [7, 11) is -7.95. The quantitative estimate of drug-likeness (QED) is 0.453. The maximum atomic E-state index is 11.1. The second kappa shape index (κ2) is 6.29. The van der Waals surface area contributed by atoms with Crippen LogP contribution in [-0.4, -0.2) is 16.8 Å². The molecule has 3 rings (SSSR count). The number of halogens is 1. The van der Waals surface area contributed by atoms with Crippen molar-refractivity contribution in [2.75, 3.05) is 0 Å². The number of hydrogen-bond donors (Lipinski definition) is 0. The number of sulfonamides is 2. The topological polar surface area (TPSA) is 111 Å². The Kier molecular flexibility index (Phi) is 4.81. The molecule has 0 saturated heterocycles. The van der Waals surface area contributed by atoms with Gasteiger partial charge in [-0.05, 0) is 46.9 Å². The Hall–Kier alpha value is -1.55. The highest BCUT2D eigenvalue weighted by Crippen LogP contribution is 2.37. The van der Waals surface area contributed by atoms with E-state index >= 15 is 0 Å². The fourth-order valence-electron chi connectivity index (χ4n) is 1.59. The highest BCUT2D eigenvalue weighted by Gasteiger charge is 2.26. The van der Waals surface area contributed by atoms with Crippen molar-refractivity contribution in [1.29, 1.82) is 5.39 Å². The van der Waals surface area contributed by atoms with Crippen LogP contribution in [0.2, 0.25) is 0 Å². The highest BCUT2D eigenvalue weighted by molar-refractivity contribution is 14.1. The van der Waals surface area contributed by atoms with Crippen LogP contribution in [0.3, 0.4) is 0 Å². The molecule has 7 nitrogen and oxygen atoms in total. The number of rotatable bonds is 0. The molecule has 0 fully saturated rings. The molecular formula is C12H8IN3O4S2. The van der Waals surface area contributed by atoms with E-state index < -0.39 is 20.0 Å². The zero-order valence-corrected chi connectivity index (χ0v) is 14.6. The van der Waals surface area contributed by atoms with Gasteiger partial charge in [0, 0.05) is 15.7 Å². The molecule has 1 heterocycles. The molecule has 0 saturated carbocycles. The van der Waals surface area contributed by atoms with Crippen molar-refractivity contribution >= 4 is 48.3 Å². The van der Waals surface area contributed by atoms with Gasteiger partial charge in [-0.15, -0.1) is 0 Å². The van der Waals surface area contributed by atoms with Gasteiger partial charge in [0.25, 0.3) is 0 Å². The molecule has 1 aliphatic heterocycles. The van der Waals surface area contributed by atoms with Gasteiger partial charge in [-0.2, -0.15) is 0 Å². The summed E-state index contributed by atoms with van der Waals surface area (Å²) in [5.41, 5.74) is 0.593. The molecule has 0 aliphatic carbocycles. The maximum Gasteiger partial charge on any atom is 0.385 e. The van der Waals surface area contributed by atoms with Gasteiger partial charge >= 0.3 is 5.69 Å². The SMILES string of the molecule is N#[N+]c1ccc(I)cc1.O=S1(=O)[N-]S(=O)(=O)c2ccccc21. The zero-order chi connectivity index (χ0) is 16.4. The summed E-state index contributed by atoms with van der Waals surface area (Å²) in [4.78, 5) is 2.53.